The van der Waals surface area contributed by atoms with Crippen molar-refractivity contribution in [2.45, 2.75) is 51.5 Å². The van der Waals surface area contributed by atoms with Gasteiger partial charge in [0, 0.05) is 25.1 Å². The van der Waals surface area contributed by atoms with Gasteiger partial charge in [0.1, 0.15) is 6.04 Å². The molecule has 0 unspecified atom stereocenters. The second-order valence-electron chi connectivity index (χ2n) is 6.15. The zero-order chi connectivity index (χ0) is 20.2. The molecule has 2 amide bonds. The van der Waals surface area contributed by atoms with E-state index >= 15 is 0 Å². The number of carboxylic acids is 1. The van der Waals surface area contributed by atoms with Crippen molar-refractivity contribution in [2.75, 3.05) is 6.54 Å². The molecule has 1 atom stereocenters. The van der Waals surface area contributed by atoms with Gasteiger partial charge >= 0.3 is 5.97 Å². The Morgan fingerprint density at radius 1 is 1.19 bits per heavy atom. The topological polar surface area (TPSA) is 139 Å². The Morgan fingerprint density at radius 3 is 2.41 bits per heavy atom. The van der Waals surface area contributed by atoms with Crippen LogP contribution in [0.15, 0.2) is 24.3 Å². The van der Waals surface area contributed by atoms with E-state index in [1.807, 2.05) is 6.92 Å². The maximum atomic E-state index is 12.2. The number of benzene rings is 1. The normalized spacial score (nSPS) is 11.4. The Balaban J connectivity index is 2.63. The molecule has 1 aromatic rings. The van der Waals surface area contributed by atoms with Gasteiger partial charge < -0.3 is 15.7 Å². The second kappa shape index (κ2) is 11.6. The summed E-state index contributed by atoms with van der Waals surface area (Å²) >= 11 is 0. The van der Waals surface area contributed by atoms with E-state index in [2.05, 4.69) is 10.6 Å². The summed E-state index contributed by atoms with van der Waals surface area (Å²) in [7, 11) is 0. The van der Waals surface area contributed by atoms with Gasteiger partial charge in [-0.05, 0) is 18.4 Å². The molecule has 0 spiro atoms. The molecule has 3 N–H and O–H groups in total. The van der Waals surface area contributed by atoms with Crippen LogP contribution >= 0.6 is 0 Å². The van der Waals surface area contributed by atoms with E-state index in [0.717, 1.165) is 19.3 Å². The predicted molar refractivity (Wildman–Crippen MR) is 98.1 cm³/mol. The number of nitro groups is 1. The van der Waals surface area contributed by atoms with E-state index in [9.17, 15) is 24.5 Å². The minimum atomic E-state index is -1.05. The number of nitrogens with zero attached hydrogens (tertiary/aromatic N) is 1. The third-order valence-corrected chi connectivity index (χ3v) is 3.89. The third kappa shape index (κ3) is 8.80. The molecule has 0 saturated heterocycles. The van der Waals surface area contributed by atoms with Gasteiger partial charge in [0.25, 0.3) is 5.69 Å². The van der Waals surface area contributed by atoms with Gasteiger partial charge in [0.05, 0.1) is 11.3 Å². The van der Waals surface area contributed by atoms with Gasteiger partial charge in [-0.1, -0.05) is 31.9 Å². The van der Waals surface area contributed by atoms with Crippen molar-refractivity contribution >= 4 is 23.5 Å². The highest BCUT2D eigenvalue weighted by atomic mass is 16.6. The fraction of sp³-hybridized carbons (Fsp3) is 0.500. The average molecular weight is 379 g/mol. The molecule has 148 valence electrons. The Labute approximate surface area is 157 Å². The quantitative estimate of drug-likeness (QED) is 0.287. The number of non-ortho nitro benzene ring substituents is 1. The molecule has 1 aromatic carbocycles. The Bertz CT molecular complexity index is 660. The summed E-state index contributed by atoms with van der Waals surface area (Å²) < 4.78 is 0. The van der Waals surface area contributed by atoms with Crippen molar-refractivity contribution in [3.8, 4) is 0 Å². The van der Waals surface area contributed by atoms with E-state index in [0.29, 0.717) is 12.1 Å². The van der Waals surface area contributed by atoms with Gasteiger partial charge in [-0.25, -0.2) is 0 Å². The Morgan fingerprint density at radius 2 is 1.85 bits per heavy atom. The van der Waals surface area contributed by atoms with Crippen LogP contribution in [0.3, 0.4) is 0 Å². The minimum absolute atomic E-state index is 0.0130. The van der Waals surface area contributed by atoms with Crippen LogP contribution in [0.5, 0.6) is 0 Å². The standard InChI is InChI=1S/C18H25N3O6/c1-2-3-4-11-19-18(25)15(9-10-17(23)24)20-16(22)12-13-5-7-14(8-6-13)21(26)27/h5-8,15H,2-4,9-12H2,1H3,(H,19,25)(H,20,22)(H,23,24)/t15-/m0/s1. The maximum Gasteiger partial charge on any atom is 0.303 e. The van der Waals surface area contributed by atoms with Crippen LogP contribution in [0.1, 0.15) is 44.6 Å². The minimum Gasteiger partial charge on any atom is -0.481 e. The molecule has 0 saturated carbocycles. The van der Waals surface area contributed by atoms with E-state index in [1.54, 1.807) is 0 Å². The van der Waals surface area contributed by atoms with Crippen LogP contribution in [0, 0.1) is 10.1 Å². The predicted octanol–water partition coefficient (Wildman–Crippen LogP) is 1.79. The summed E-state index contributed by atoms with van der Waals surface area (Å²) in [6.07, 6.45) is 2.46. The van der Waals surface area contributed by atoms with Gasteiger partial charge in [-0.3, -0.25) is 24.5 Å². The molecule has 27 heavy (non-hydrogen) atoms. The van der Waals surface area contributed by atoms with Gasteiger partial charge in [0.2, 0.25) is 11.8 Å². The van der Waals surface area contributed by atoms with Gasteiger partial charge in [0.15, 0.2) is 0 Å². The number of hydrogen-bond acceptors (Lipinski definition) is 5. The van der Waals surface area contributed by atoms with Crippen molar-refractivity contribution in [1.29, 1.82) is 0 Å². The lowest BCUT2D eigenvalue weighted by atomic mass is 10.1. The number of aliphatic carboxylic acids is 1. The Hall–Kier alpha value is -2.97. The van der Waals surface area contributed by atoms with Crippen LogP contribution < -0.4 is 10.6 Å². The zero-order valence-electron chi connectivity index (χ0n) is 15.3. The molecule has 0 fully saturated rings. The highest BCUT2D eigenvalue weighted by molar-refractivity contribution is 5.88. The lowest BCUT2D eigenvalue weighted by Gasteiger charge is -2.18. The van der Waals surface area contributed by atoms with Crippen LogP contribution in [0.2, 0.25) is 0 Å². The molecule has 0 radical (unpaired) electrons. The monoisotopic (exact) mass is 379 g/mol. The first kappa shape index (κ1) is 22.1. The summed E-state index contributed by atoms with van der Waals surface area (Å²) in [6, 6.07) is 4.59. The first-order chi connectivity index (χ1) is 12.8. The summed E-state index contributed by atoms with van der Waals surface area (Å²) in [4.78, 5) is 45.3. The molecule has 0 aliphatic rings. The molecule has 0 aliphatic carbocycles. The third-order valence-electron chi connectivity index (χ3n) is 3.89. The number of carbonyl (C=O) groups excluding carboxylic acids is 2. The molecule has 1 rings (SSSR count). The van der Waals surface area contributed by atoms with Crippen molar-refractivity contribution < 1.29 is 24.4 Å². The van der Waals surface area contributed by atoms with Crippen LogP contribution in [0.25, 0.3) is 0 Å². The molecule has 9 heteroatoms. The smallest absolute Gasteiger partial charge is 0.303 e. The number of carboxylic acid groups (broad SMARTS) is 1. The summed E-state index contributed by atoms with van der Waals surface area (Å²) in [5.41, 5.74) is 0.475. The van der Waals surface area contributed by atoms with Gasteiger partial charge in [-0.2, -0.15) is 0 Å². The lowest BCUT2D eigenvalue weighted by Crippen LogP contribution is -2.47. The van der Waals surface area contributed by atoms with Crippen molar-refractivity contribution in [2.24, 2.45) is 0 Å². The highest BCUT2D eigenvalue weighted by Crippen LogP contribution is 2.12. The fourth-order valence-electron chi connectivity index (χ4n) is 2.41. The van der Waals surface area contributed by atoms with Crippen LogP contribution in [-0.2, 0) is 20.8 Å². The molecule has 0 heterocycles. The maximum absolute atomic E-state index is 12.2. The van der Waals surface area contributed by atoms with E-state index in [-0.39, 0.29) is 24.9 Å². The number of nitro benzene ring substituents is 1. The second-order valence-corrected chi connectivity index (χ2v) is 6.15. The molecule has 0 aliphatic heterocycles. The Kier molecular flexibility index (Phi) is 9.49. The summed E-state index contributed by atoms with van der Waals surface area (Å²) in [5, 5.41) is 24.7. The van der Waals surface area contributed by atoms with Crippen molar-refractivity contribution in [3.05, 3.63) is 39.9 Å². The first-order valence-electron chi connectivity index (χ1n) is 8.85. The fourth-order valence-corrected chi connectivity index (χ4v) is 2.41. The lowest BCUT2D eigenvalue weighted by molar-refractivity contribution is -0.384. The molecule has 0 bridgehead atoms. The number of nitrogens with one attached hydrogen (secondary N) is 2. The van der Waals surface area contributed by atoms with Crippen molar-refractivity contribution in [3.63, 3.8) is 0 Å². The number of amides is 2. The van der Waals surface area contributed by atoms with Crippen molar-refractivity contribution in [1.82, 2.24) is 10.6 Å². The van der Waals surface area contributed by atoms with Crippen LogP contribution in [-0.4, -0.2) is 40.4 Å². The SMILES string of the molecule is CCCCCNC(=O)[C@H](CCC(=O)O)NC(=O)Cc1ccc([N+](=O)[O-])cc1. The average Bonchev–Trinajstić information content (AvgIpc) is 2.62. The molecule has 0 aromatic heterocycles. The van der Waals surface area contributed by atoms with Gasteiger partial charge in [-0.15, -0.1) is 0 Å². The van der Waals surface area contributed by atoms with E-state index in [1.165, 1.54) is 24.3 Å². The summed E-state index contributed by atoms with van der Waals surface area (Å²) in [6.45, 7) is 2.50. The number of rotatable bonds is 12. The zero-order valence-corrected chi connectivity index (χ0v) is 15.3. The molecule has 9 nitrogen and oxygen atoms in total. The molecular formula is C18H25N3O6. The van der Waals surface area contributed by atoms with E-state index < -0.39 is 28.7 Å². The number of unbranched alkanes of at least 4 members (excludes halogenated alkanes) is 2. The first-order valence-corrected chi connectivity index (χ1v) is 8.85. The summed E-state index contributed by atoms with van der Waals surface area (Å²) in [5.74, 6) is -1.92. The van der Waals surface area contributed by atoms with E-state index in [4.69, 9.17) is 5.11 Å². The molecular weight excluding hydrogens is 354 g/mol. The van der Waals surface area contributed by atoms with Crippen LogP contribution in [0.4, 0.5) is 5.69 Å². The largest absolute Gasteiger partial charge is 0.481 e. The highest BCUT2D eigenvalue weighted by Gasteiger charge is 2.21. The number of hydrogen-bond donors (Lipinski definition) is 3. The number of carbonyl (C=O) groups is 3.